The molecule has 1 saturated heterocycles. The van der Waals surface area contributed by atoms with Crippen LogP contribution in [0.2, 0.25) is 0 Å². The summed E-state index contributed by atoms with van der Waals surface area (Å²) in [5.74, 6) is -0.747. The van der Waals surface area contributed by atoms with E-state index >= 15 is 0 Å². The molecular formula is C19H17FN2O8S. The highest BCUT2D eigenvalue weighted by Gasteiger charge is 2.58. The van der Waals surface area contributed by atoms with Gasteiger partial charge in [-0.05, 0) is 48.5 Å². The van der Waals surface area contributed by atoms with Gasteiger partial charge in [0.05, 0.1) is 4.90 Å². The molecule has 12 heteroatoms. The van der Waals surface area contributed by atoms with E-state index in [9.17, 15) is 22.4 Å². The highest BCUT2D eigenvalue weighted by Crippen LogP contribution is 2.39. The molecule has 2 aromatic rings. The van der Waals surface area contributed by atoms with Crippen LogP contribution in [0.1, 0.15) is 12.8 Å². The number of hydrogen-bond acceptors (Lipinski definition) is 8. The van der Waals surface area contributed by atoms with E-state index in [1.165, 1.54) is 54.0 Å². The molecule has 1 heterocycles. The molecule has 0 aromatic heterocycles. The highest BCUT2D eigenvalue weighted by molar-refractivity contribution is 7.89. The van der Waals surface area contributed by atoms with E-state index in [0.717, 1.165) is 0 Å². The molecule has 0 radical (unpaired) electrons. The summed E-state index contributed by atoms with van der Waals surface area (Å²) >= 11 is 0. The Hall–Kier alpha value is -3.22. The van der Waals surface area contributed by atoms with Gasteiger partial charge in [-0.25, -0.2) is 23.1 Å². The number of carbonyl (C=O) groups excluding carboxylic acids is 2. The van der Waals surface area contributed by atoms with Gasteiger partial charge in [0.2, 0.25) is 10.0 Å². The van der Waals surface area contributed by atoms with Crippen LogP contribution in [0.15, 0.2) is 53.4 Å². The molecule has 3 N–H and O–H groups in total. The second-order valence-electron chi connectivity index (χ2n) is 7.13. The van der Waals surface area contributed by atoms with Crippen LogP contribution in [0.25, 0.3) is 0 Å². The van der Waals surface area contributed by atoms with E-state index in [2.05, 4.69) is 4.72 Å². The molecule has 2 aliphatic rings. The number of benzene rings is 2. The molecule has 0 spiro atoms. The number of fused-ring (bicyclic) bond motifs is 1. The standard InChI is InChI=1S/C19H17FN2O8S/c20-11-1-3-12(4-2-11)28-13-5-7-14(8-6-13)31(26,27)22-19(17(23)21-25)9-15-16(10-19)30-18(24)29-15/h1-8,15-16,22,25H,9-10H2,(H,21,23)/t15-,16+,19?. The molecule has 2 aromatic carbocycles. The summed E-state index contributed by atoms with van der Waals surface area (Å²) in [6.45, 7) is 0. The number of halogens is 1. The minimum Gasteiger partial charge on any atom is -0.457 e. The van der Waals surface area contributed by atoms with Crippen molar-refractivity contribution >= 4 is 22.1 Å². The fourth-order valence-electron chi connectivity index (χ4n) is 3.61. The van der Waals surface area contributed by atoms with Crippen molar-refractivity contribution < 1.29 is 41.8 Å². The first-order valence-electron chi connectivity index (χ1n) is 9.10. The van der Waals surface area contributed by atoms with Crippen molar-refractivity contribution in [3.8, 4) is 11.5 Å². The summed E-state index contributed by atoms with van der Waals surface area (Å²) in [6.07, 6.45) is -2.95. The van der Waals surface area contributed by atoms with Gasteiger partial charge >= 0.3 is 6.16 Å². The van der Waals surface area contributed by atoms with Crippen molar-refractivity contribution in [3.63, 3.8) is 0 Å². The van der Waals surface area contributed by atoms with Crippen molar-refractivity contribution in [2.45, 2.75) is 35.5 Å². The van der Waals surface area contributed by atoms with Gasteiger partial charge in [-0.15, -0.1) is 0 Å². The molecule has 0 bridgehead atoms. The fourth-order valence-corrected chi connectivity index (χ4v) is 4.99. The quantitative estimate of drug-likeness (QED) is 0.343. The molecular weight excluding hydrogens is 435 g/mol. The number of ether oxygens (including phenoxy) is 3. The zero-order valence-electron chi connectivity index (χ0n) is 15.8. The van der Waals surface area contributed by atoms with Gasteiger partial charge in [0.25, 0.3) is 5.91 Å². The van der Waals surface area contributed by atoms with Crippen molar-refractivity contribution in [3.05, 3.63) is 54.3 Å². The molecule has 1 aliphatic heterocycles. The maximum absolute atomic E-state index is 13.0. The Morgan fingerprint density at radius 1 is 1.03 bits per heavy atom. The number of amides is 1. The first-order chi connectivity index (χ1) is 14.7. The lowest BCUT2D eigenvalue weighted by atomic mass is 9.98. The van der Waals surface area contributed by atoms with Gasteiger partial charge in [0.1, 0.15) is 35.1 Å². The van der Waals surface area contributed by atoms with E-state index in [-0.39, 0.29) is 17.7 Å². The van der Waals surface area contributed by atoms with Crippen LogP contribution in [0.4, 0.5) is 9.18 Å². The number of sulfonamides is 1. The Kier molecular flexibility index (Phi) is 5.29. The predicted octanol–water partition coefficient (Wildman–Crippen LogP) is 1.84. The summed E-state index contributed by atoms with van der Waals surface area (Å²) in [4.78, 5) is 23.4. The fraction of sp³-hybridized carbons (Fsp3) is 0.263. The summed E-state index contributed by atoms with van der Waals surface area (Å²) < 4.78 is 56.5. The maximum atomic E-state index is 13.0. The van der Waals surface area contributed by atoms with Gasteiger partial charge in [-0.2, -0.15) is 4.72 Å². The van der Waals surface area contributed by atoms with Crippen molar-refractivity contribution in [1.82, 2.24) is 10.2 Å². The minimum atomic E-state index is -4.22. The topological polar surface area (TPSA) is 140 Å². The first kappa shape index (κ1) is 21.0. The van der Waals surface area contributed by atoms with Crippen LogP contribution in [0, 0.1) is 5.82 Å². The van der Waals surface area contributed by atoms with Crippen molar-refractivity contribution in [1.29, 1.82) is 0 Å². The molecule has 2 fully saturated rings. The SMILES string of the molecule is O=C1O[C@H]2CC(NS(=O)(=O)c3ccc(Oc4ccc(F)cc4)cc3)(C(=O)NO)C[C@H]2O1. The zero-order chi connectivity index (χ0) is 22.2. The number of rotatable bonds is 6. The maximum Gasteiger partial charge on any atom is 0.509 e. The zero-order valence-corrected chi connectivity index (χ0v) is 16.6. The van der Waals surface area contributed by atoms with E-state index in [4.69, 9.17) is 19.4 Å². The number of nitrogens with one attached hydrogen (secondary N) is 2. The molecule has 4 rings (SSSR count). The average Bonchev–Trinajstić information content (AvgIpc) is 3.23. The average molecular weight is 452 g/mol. The van der Waals surface area contributed by atoms with E-state index < -0.39 is 45.6 Å². The monoisotopic (exact) mass is 452 g/mol. The van der Waals surface area contributed by atoms with Crippen LogP contribution in [0.5, 0.6) is 11.5 Å². The Morgan fingerprint density at radius 3 is 2.06 bits per heavy atom. The van der Waals surface area contributed by atoms with Crippen molar-refractivity contribution in [2.75, 3.05) is 0 Å². The molecule has 1 saturated carbocycles. The lowest BCUT2D eigenvalue weighted by Gasteiger charge is -2.27. The third-order valence-electron chi connectivity index (χ3n) is 5.06. The van der Waals surface area contributed by atoms with Crippen molar-refractivity contribution in [2.24, 2.45) is 0 Å². The summed E-state index contributed by atoms with van der Waals surface area (Å²) in [7, 11) is -4.22. The Labute approximate surface area is 175 Å². The number of carbonyl (C=O) groups is 2. The van der Waals surface area contributed by atoms with E-state index in [1.807, 2.05) is 0 Å². The Bertz CT molecular complexity index is 1090. The molecule has 10 nitrogen and oxygen atoms in total. The third-order valence-corrected chi connectivity index (χ3v) is 6.61. The summed E-state index contributed by atoms with van der Waals surface area (Å²) in [5.41, 5.74) is -0.317. The number of hydrogen-bond donors (Lipinski definition) is 3. The lowest BCUT2D eigenvalue weighted by Crippen LogP contribution is -2.57. The lowest BCUT2D eigenvalue weighted by molar-refractivity contribution is -0.136. The molecule has 31 heavy (non-hydrogen) atoms. The van der Waals surface area contributed by atoms with Gasteiger partial charge in [0.15, 0.2) is 0 Å². The van der Waals surface area contributed by atoms with Crippen LogP contribution < -0.4 is 14.9 Å². The molecule has 1 aliphatic carbocycles. The molecule has 1 unspecified atom stereocenters. The second kappa shape index (κ2) is 7.80. The molecule has 1 amide bonds. The first-order valence-corrected chi connectivity index (χ1v) is 10.6. The highest BCUT2D eigenvalue weighted by atomic mass is 32.2. The third kappa shape index (κ3) is 4.17. The van der Waals surface area contributed by atoms with Crippen LogP contribution in [-0.2, 0) is 24.3 Å². The van der Waals surface area contributed by atoms with E-state index in [0.29, 0.717) is 11.5 Å². The smallest absolute Gasteiger partial charge is 0.457 e. The van der Waals surface area contributed by atoms with Gasteiger partial charge in [-0.3, -0.25) is 10.0 Å². The molecule has 3 atom stereocenters. The van der Waals surface area contributed by atoms with Crippen LogP contribution in [-0.4, -0.2) is 43.4 Å². The Balaban J connectivity index is 1.52. The van der Waals surface area contributed by atoms with Gasteiger partial charge < -0.3 is 14.2 Å². The Morgan fingerprint density at radius 2 is 1.55 bits per heavy atom. The number of hydroxylamine groups is 1. The van der Waals surface area contributed by atoms with Crippen LogP contribution >= 0.6 is 0 Å². The van der Waals surface area contributed by atoms with Gasteiger partial charge in [-0.1, -0.05) is 0 Å². The summed E-state index contributed by atoms with van der Waals surface area (Å²) in [5, 5.41) is 9.11. The summed E-state index contributed by atoms with van der Waals surface area (Å²) in [6, 6.07) is 10.6. The minimum absolute atomic E-state index is 0.168. The molecule has 164 valence electrons. The normalized spacial score (nSPS) is 24.8. The van der Waals surface area contributed by atoms with E-state index in [1.54, 1.807) is 0 Å². The second-order valence-corrected chi connectivity index (χ2v) is 8.81. The largest absolute Gasteiger partial charge is 0.509 e. The predicted molar refractivity (Wildman–Crippen MR) is 100 cm³/mol. The van der Waals surface area contributed by atoms with Gasteiger partial charge in [0, 0.05) is 12.8 Å². The van der Waals surface area contributed by atoms with Crippen LogP contribution in [0.3, 0.4) is 0 Å².